The van der Waals surface area contributed by atoms with E-state index >= 15 is 8.78 Å². The Bertz CT molecular complexity index is 2180. The van der Waals surface area contributed by atoms with E-state index < -0.39 is 45.5 Å². The molecule has 12 nitrogen and oxygen atoms in total. The summed E-state index contributed by atoms with van der Waals surface area (Å²) in [4.78, 5) is 58.6. The Kier molecular flexibility index (Phi) is 9.92. The average molecular weight is 743 g/mol. The van der Waals surface area contributed by atoms with Crippen LogP contribution >= 0.6 is 0 Å². The number of aromatic nitrogens is 2. The minimum Gasteiger partial charge on any atom is -0.462 e. The minimum absolute atomic E-state index is 0.0101. The molecule has 2 aromatic heterocycles. The fraction of sp³-hybridized carbons (Fsp3) is 0.400. The molecule has 1 aliphatic carbocycles. The molecule has 3 aliphatic rings. The van der Waals surface area contributed by atoms with Crippen molar-refractivity contribution in [3.05, 3.63) is 104 Å². The molecule has 2 atom stereocenters. The Morgan fingerprint density at radius 2 is 1.04 bits per heavy atom. The Hall–Kier alpha value is -5.34. The van der Waals surface area contributed by atoms with Crippen molar-refractivity contribution in [3.8, 4) is 0 Å². The van der Waals surface area contributed by atoms with Gasteiger partial charge in [-0.15, -0.1) is 0 Å². The van der Waals surface area contributed by atoms with Crippen molar-refractivity contribution >= 4 is 45.1 Å². The molecule has 0 bridgehead atoms. The van der Waals surface area contributed by atoms with Crippen molar-refractivity contribution in [1.82, 2.24) is 19.8 Å². The standard InChI is InChI=1S/C40H44F2N6O6/c1-5-53-37(51)27-23-47(31-21-33(45-15-11-43-12-16-45)29(41)19-25(31)35(27)49)39(3)9-7-8-10-40(39,4)48-24-28(38(52)54-6-2)36(50)26-20-30(42)34(22-32(26)48)46-17-13-44-14-18-46/h7-10,19-24,43-44H,5-6,11-18H2,1-4H3. The lowest BCUT2D eigenvalue weighted by molar-refractivity contribution is 0.0512. The third-order valence-corrected chi connectivity index (χ3v) is 11.0. The van der Waals surface area contributed by atoms with Gasteiger partial charge in [-0.2, -0.15) is 0 Å². The van der Waals surface area contributed by atoms with Gasteiger partial charge in [0.15, 0.2) is 0 Å². The van der Waals surface area contributed by atoms with E-state index in [1.807, 2.05) is 48.0 Å². The van der Waals surface area contributed by atoms with Crippen LogP contribution in [0.15, 0.2) is 70.6 Å². The maximum absolute atomic E-state index is 16.0. The van der Waals surface area contributed by atoms with Crippen molar-refractivity contribution in [2.45, 2.75) is 38.8 Å². The van der Waals surface area contributed by atoms with Crippen molar-refractivity contribution in [3.63, 3.8) is 0 Å². The van der Waals surface area contributed by atoms with Crippen LogP contribution in [0.25, 0.3) is 21.8 Å². The first kappa shape index (κ1) is 37.0. The second kappa shape index (κ2) is 14.5. The normalized spacial score (nSPS) is 21.5. The summed E-state index contributed by atoms with van der Waals surface area (Å²) in [5, 5.41) is 6.50. The SMILES string of the molecule is CCOC(=O)c1cn(C2(C)C=CC=CC2(C)n2cc(C(=O)OCC)c(=O)c3cc(F)c(N4CCNCC4)cc32)c2cc(N3CCNCC3)c(F)cc2c1=O. The topological polar surface area (TPSA) is 127 Å². The van der Waals surface area contributed by atoms with Gasteiger partial charge in [0.05, 0.1) is 46.7 Å². The number of piperazine rings is 2. The highest BCUT2D eigenvalue weighted by Crippen LogP contribution is 2.45. The van der Waals surface area contributed by atoms with Gasteiger partial charge in [0.25, 0.3) is 0 Å². The Morgan fingerprint density at radius 3 is 1.39 bits per heavy atom. The van der Waals surface area contributed by atoms with Crippen molar-refractivity contribution in [2.75, 3.05) is 75.4 Å². The summed E-state index contributed by atoms with van der Waals surface area (Å²) in [6.07, 6.45) is 10.3. The largest absolute Gasteiger partial charge is 0.462 e. The number of esters is 2. The lowest BCUT2D eigenvalue weighted by Gasteiger charge is -2.49. The number of nitrogens with zero attached hydrogens (tertiary/aromatic N) is 4. The van der Waals surface area contributed by atoms with Gasteiger partial charge in [-0.05, 0) is 52.0 Å². The molecule has 0 saturated carbocycles. The monoisotopic (exact) mass is 742 g/mol. The summed E-state index contributed by atoms with van der Waals surface area (Å²) >= 11 is 0. The van der Waals surface area contributed by atoms with E-state index in [2.05, 4.69) is 10.6 Å². The first-order valence-corrected chi connectivity index (χ1v) is 18.3. The highest BCUT2D eigenvalue weighted by Gasteiger charge is 2.47. The molecule has 4 heterocycles. The Balaban J connectivity index is 1.56. The number of rotatable bonds is 8. The number of carbonyl (C=O) groups excluding carboxylic acids is 2. The summed E-state index contributed by atoms with van der Waals surface area (Å²) in [5.74, 6) is -2.93. The van der Waals surface area contributed by atoms with E-state index in [1.54, 1.807) is 35.1 Å². The maximum Gasteiger partial charge on any atom is 0.343 e. The Morgan fingerprint density at radius 1 is 0.667 bits per heavy atom. The quantitative estimate of drug-likeness (QED) is 0.256. The smallest absolute Gasteiger partial charge is 0.343 e. The van der Waals surface area contributed by atoms with Gasteiger partial charge < -0.3 is 39.0 Å². The Labute approximate surface area is 310 Å². The number of carbonyl (C=O) groups is 2. The van der Waals surface area contributed by atoms with Gasteiger partial charge in [0.1, 0.15) is 22.8 Å². The van der Waals surface area contributed by atoms with Crippen LogP contribution in [0, 0.1) is 11.6 Å². The molecular formula is C40H44F2N6O6. The van der Waals surface area contributed by atoms with E-state index in [4.69, 9.17) is 9.47 Å². The van der Waals surface area contributed by atoms with Gasteiger partial charge in [0.2, 0.25) is 10.9 Å². The summed E-state index contributed by atoms with van der Waals surface area (Å²) < 4.78 is 46.1. The van der Waals surface area contributed by atoms with Gasteiger partial charge in [-0.25, -0.2) is 18.4 Å². The van der Waals surface area contributed by atoms with Crippen LogP contribution in [0.5, 0.6) is 0 Å². The third kappa shape index (κ3) is 6.06. The van der Waals surface area contributed by atoms with Gasteiger partial charge >= 0.3 is 11.9 Å². The van der Waals surface area contributed by atoms with Crippen LogP contribution in [0.2, 0.25) is 0 Å². The average Bonchev–Trinajstić information content (AvgIpc) is 3.17. The maximum atomic E-state index is 16.0. The van der Waals surface area contributed by atoms with E-state index in [0.717, 1.165) is 0 Å². The second-order valence-electron chi connectivity index (χ2n) is 14.1. The molecule has 2 unspecified atom stereocenters. The number of halogens is 2. The molecule has 4 aromatic rings. The molecule has 14 heteroatoms. The van der Waals surface area contributed by atoms with E-state index in [-0.39, 0.29) is 35.1 Å². The first-order valence-electron chi connectivity index (χ1n) is 18.3. The fourth-order valence-electron chi connectivity index (χ4n) is 7.91. The molecule has 0 spiro atoms. The fourth-order valence-corrected chi connectivity index (χ4v) is 7.91. The van der Waals surface area contributed by atoms with Crippen LogP contribution in [-0.2, 0) is 20.6 Å². The van der Waals surface area contributed by atoms with Crippen LogP contribution < -0.4 is 31.3 Å². The number of hydrogen-bond donors (Lipinski definition) is 2. The molecule has 2 aromatic carbocycles. The molecular weight excluding hydrogens is 698 g/mol. The molecule has 2 fully saturated rings. The van der Waals surface area contributed by atoms with Gasteiger partial charge in [0, 0.05) is 75.5 Å². The zero-order valence-corrected chi connectivity index (χ0v) is 30.8. The number of pyridine rings is 2. The van der Waals surface area contributed by atoms with E-state index in [0.29, 0.717) is 74.8 Å². The van der Waals surface area contributed by atoms with E-state index in [1.165, 1.54) is 24.5 Å². The van der Waals surface area contributed by atoms with Crippen molar-refractivity contribution in [1.29, 1.82) is 0 Å². The number of anilines is 2. The van der Waals surface area contributed by atoms with Crippen molar-refractivity contribution in [2.24, 2.45) is 0 Å². The highest BCUT2D eigenvalue weighted by atomic mass is 19.1. The lowest BCUT2D eigenvalue weighted by atomic mass is 9.74. The second-order valence-corrected chi connectivity index (χ2v) is 14.1. The molecule has 2 N–H and O–H groups in total. The zero-order chi connectivity index (χ0) is 38.4. The molecule has 7 rings (SSSR count). The van der Waals surface area contributed by atoms with Crippen molar-refractivity contribution < 1.29 is 27.8 Å². The number of ether oxygens (including phenoxy) is 2. The number of fused-ring (bicyclic) bond motifs is 2. The van der Waals surface area contributed by atoms with E-state index in [9.17, 15) is 19.2 Å². The lowest BCUT2D eigenvalue weighted by Crippen LogP contribution is -2.53. The number of allylic oxidation sites excluding steroid dienone is 4. The number of benzene rings is 2. The van der Waals surface area contributed by atoms with Crippen LogP contribution in [0.1, 0.15) is 48.4 Å². The molecule has 284 valence electrons. The molecule has 0 amide bonds. The number of hydrogen-bond acceptors (Lipinski definition) is 10. The molecule has 2 saturated heterocycles. The highest BCUT2D eigenvalue weighted by molar-refractivity contribution is 5.96. The van der Waals surface area contributed by atoms with Gasteiger partial charge in [-0.1, -0.05) is 24.3 Å². The zero-order valence-electron chi connectivity index (χ0n) is 30.8. The molecule has 2 aliphatic heterocycles. The first-order chi connectivity index (χ1) is 25.9. The summed E-state index contributed by atoms with van der Waals surface area (Å²) in [6.45, 7) is 11.8. The summed E-state index contributed by atoms with van der Waals surface area (Å²) in [6, 6.07) is 5.62. The van der Waals surface area contributed by atoms with Crippen LogP contribution in [-0.4, -0.2) is 86.6 Å². The minimum atomic E-state index is -1.25. The predicted molar refractivity (Wildman–Crippen MR) is 204 cm³/mol. The molecule has 0 radical (unpaired) electrons. The summed E-state index contributed by atoms with van der Waals surface area (Å²) in [7, 11) is 0. The van der Waals surface area contributed by atoms with Crippen LogP contribution in [0.3, 0.4) is 0 Å². The summed E-state index contributed by atoms with van der Waals surface area (Å²) in [5.41, 5.74) is -3.12. The third-order valence-electron chi connectivity index (χ3n) is 11.0. The number of nitrogens with one attached hydrogen (secondary N) is 2. The van der Waals surface area contributed by atoms with Crippen LogP contribution in [0.4, 0.5) is 20.2 Å². The molecule has 54 heavy (non-hydrogen) atoms. The predicted octanol–water partition coefficient (Wildman–Crippen LogP) is 4.02. The van der Waals surface area contributed by atoms with Gasteiger partial charge in [-0.3, -0.25) is 9.59 Å².